The number of likely N-dealkylation sites (N-methyl/N-ethyl adjacent to an activating group) is 1. The molecule has 6 heteroatoms. The van der Waals surface area contributed by atoms with Crippen LogP contribution in [0, 0.1) is 0 Å². The van der Waals surface area contributed by atoms with Gasteiger partial charge < -0.3 is 9.74 Å². The molecule has 2 aliphatic heterocycles. The van der Waals surface area contributed by atoms with Crippen molar-refractivity contribution < 1.29 is 14.4 Å². The van der Waals surface area contributed by atoms with Crippen molar-refractivity contribution >= 4 is 11.9 Å². The van der Waals surface area contributed by atoms with Gasteiger partial charge in [0.15, 0.2) is 0 Å². The molecule has 2 rings (SSSR count). The maximum atomic E-state index is 11.7. The zero-order valence-corrected chi connectivity index (χ0v) is 8.95. The van der Waals surface area contributed by atoms with E-state index in [4.69, 9.17) is 4.84 Å². The highest BCUT2D eigenvalue weighted by atomic mass is 16.7. The highest BCUT2D eigenvalue weighted by Gasteiger charge is 2.52. The molecule has 84 valence electrons. The Bertz CT molecular complexity index is 297. The second kappa shape index (κ2) is 3.46. The summed E-state index contributed by atoms with van der Waals surface area (Å²) in [6.45, 7) is 1.34. The molecule has 1 N–H and O–H groups in total. The number of carbonyl (C=O) groups is 2. The zero-order chi connectivity index (χ0) is 11.1. The molecule has 0 aromatic heterocycles. The Morgan fingerprint density at radius 3 is 2.33 bits per heavy atom. The van der Waals surface area contributed by atoms with Crippen molar-refractivity contribution in [1.82, 2.24) is 15.3 Å². The maximum Gasteiger partial charge on any atom is 0.324 e. The van der Waals surface area contributed by atoms with Crippen LogP contribution in [0.2, 0.25) is 0 Å². The molecule has 2 saturated heterocycles. The van der Waals surface area contributed by atoms with Crippen molar-refractivity contribution in [3.8, 4) is 0 Å². The Balaban J connectivity index is 2.15. The third-order valence-electron chi connectivity index (χ3n) is 3.40. The first-order valence-electron chi connectivity index (χ1n) is 4.98. The molecular formula is C9H15N3O3. The normalized spacial score (nSPS) is 26.1. The number of nitrogens with one attached hydrogen (secondary N) is 1. The van der Waals surface area contributed by atoms with Gasteiger partial charge in [-0.05, 0) is 12.8 Å². The average Bonchev–Trinajstić information content (AvgIpc) is 2.45. The summed E-state index contributed by atoms with van der Waals surface area (Å²) >= 11 is 0. The Hall–Kier alpha value is -1.14. The van der Waals surface area contributed by atoms with Crippen molar-refractivity contribution in [2.24, 2.45) is 0 Å². The lowest BCUT2D eigenvalue weighted by Gasteiger charge is -2.39. The SMILES string of the molecule is CON1CCC2(CC1)C(=O)NC(=O)N2C. The summed E-state index contributed by atoms with van der Waals surface area (Å²) in [7, 11) is 3.28. The molecule has 2 fully saturated rings. The molecule has 0 radical (unpaired) electrons. The van der Waals surface area contributed by atoms with Gasteiger partial charge in [-0.3, -0.25) is 10.1 Å². The Morgan fingerprint density at radius 1 is 1.33 bits per heavy atom. The number of carbonyl (C=O) groups excluding carboxylic acids is 2. The third-order valence-corrected chi connectivity index (χ3v) is 3.40. The van der Waals surface area contributed by atoms with Crippen molar-refractivity contribution in [3.05, 3.63) is 0 Å². The molecule has 1 spiro atoms. The molecule has 0 unspecified atom stereocenters. The van der Waals surface area contributed by atoms with E-state index in [1.54, 1.807) is 19.2 Å². The average molecular weight is 213 g/mol. The molecule has 6 nitrogen and oxygen atoms in total. The molecule has 2 heterocycles. The number of piperidine rings is 1. The molecule has 0 aromatic rings. The second-order valence-corrected chi connectivity index (χ2v) is 3.96. The monoisotopic (exact) mass is 213 g/mol. The number of urea groups is 1. The van der Waals surface area contributed by atoms with Crippen LogP contribution in [0.3, 0.4) is 0 Å². The minimum atomic E-state index is -0.647. The highest BCUT2D eigenvalue weighted by Crippen LogP contribution is 2.31. The van der Waals surface area contributed by atoms with E-state index in [9.17, 15) is 9.59 Å². The van der Waals surface area contributed by atoms with E-state index in [2.05, 4.69) is 5.32 Å². The van der Waals surface area contributed by atoms with Crippen molar-refractivity contribution in [2.45, 2.75) is 18.4 Å². The molecule has 0 aliphatic carbocycles. The van der Waals surface area contributed by atoms with Gasteiger partial charge in [0.05, 0.1) is 7.11 Å². The summed E-state index contributed by atoms with van der Waals surface area (Å²) in [5.74, 6) is -0.175. The van der Waals surface area contributed by atoms with Crippen molar-refractivity contribution in [2.75, 3.05) is 27.2 Å². The van der Waals surface area contributed by atoms with Gasteiger partial charge in [-0.2, -0.15) is 5.06 Å². The summed E-state index contributed by atoms with van der Waals surface area (Å²) < 4.78 is 0. The van der Waals surface area contributed by atoms with Gasteiger partial charge in [-0.25, -0.2) is 4.79 Å². The molecule has 2 aliphatic rings. The minimum absolute atomic E-state index is 0.175. The van der Waals surface area contributed by atoms with E-state index >= 15 is 0 Å². The molecule has 0 aromatic carbocycles. The van der Waals surface area contributed by atoms with Gasteiger partial charge in [0.1, 0.15) is 5.54 Å². The first kappa shape index (κ1) is 10.4. The van der Waals surface area contributed by atoms with E-state index in [-0.39, 0.29) is 11.9 Å². The molecule has 3 amide bonds. The summed E-state index contributed by atoms with van der Waals surface area (Å²) in [5, 5.41) is 4.15. The van der Waals surface area contributed by atoms with Crippen LogP contribution in [0.25, 0.3) is 0 Å². The van der Waals surface area contributed by atoms with Gasteiger partial charge in [0.2, 0.25) is 0 Å². The summed E-state index contributed by atoms with van der Waals surface area (Å²) in [6.07, 6.45) is 1.24. The lowest BCUT2D eigenvalue weighted by atomic mass is 9.87. The number of rotatable bonds is 1. The Kier molecular flexibility index (Phi) is 2.40. The van der Waals surface area contributed by atoms with Crippen molar-refractivity contribution in [3.63, 3.8) is 0 Å². The van der Waals surface area contributed by atoms with Gasteiger partial charge in [0.25, 0.3) is 5.91 Å². The molecule has 0 bridgehead atoms. The smallest absolute Gasteiger partial charge is 0.313 e. The number of amides is 3. The van der Waals surface area contributed by atoms with E-state index in [0.717, 1.165) is 0 Å². The van der Waals surface area contributed by atoms with Gasteiger partial charge in [-0.15, -0.1) is 0 Å². The van der Waals surface area contributed by atoms with Crippen LogP contribution < -0.4 is 5.32 Å². The third kappa shape index (κ3) is 1.40. The van der Waals surface area contributed by atoms with Crippen LogP contribution >= 0.6 is 0 Å². The predicted octanol–water partition coefficient (Wildman–Crippen LogP) is -0.436. The highest BCUT2D eigenvalue weighted by molar-refractivity contribution is 6.06. The van der Waals surface area contributed by atoms with Crippen LogP contribution in [-0.4, -0.2) is 54.7 Å². The summed E-state index contributed by atoms with van der Waals surface area (Å²) in [6, 6.07) is -0.300. The largest absolute Gasteiger partial charge is 0.324 e. The standard InChI is InChI=1S/C9H15N3O3/c1-11-8(14)10-7(13)9(11)3-5-12(15-2)6-4-9/h3-6H2,1-2H3,(H,10,13,14). The van der Waals surface area contributed by atoms with E-state index in [0.29, 0.717) is 25.9 Å². The van der Waals surface area contributed by atoms with E-state index < -0.39 is 5.54 Å². The fraction of sp³-hybridized carbons (Fsp3) is 0.778. The van der Waals surface area contributed by atoms with E-state index in [1.165, 1.54) is 4.90 Å². The molecule has 0 atom stereocenters. The summed E-state index contributed by atoms with van der Waals surface area (Å²) in [5.41, 5.74) is -0.647. The molecule has 0 saturated carbocycles. The van der Waals surface area contributed by atoms with Crippen LogP contribution in [0.1, 0.15) is 12.8 Å². The van der Waals surface area contributed by atoms with Crippen LogP contribution in [0.4, 0.5) is 4.79 Å². The maximum absolute atomic E-state index is 11.7. The first-order valence-corrected chi connectivity index (χ1v) is 4.98. The topological polar surface area (TPSA) is 61.9 Å². The Labute approximate surface area is 88.1 Å². The zero-order valence-electron chi connectivity index (χ0n) is 8.95. The van der Waals surface area contributed by atoms with Crippen molar-refractivity contribution in [1.29, 1.82) is 0 Å². The van der Waals surface area contributed by atoms with Crippen LogP contribution in [-0.2, 0) is 9.63 Å². The van der Waals surface area contributed by atoms with Crippen LogP contribution in [0.15, 0.2) is 0 Å². The quantitative estimate of drug-likeness (QED) is 0.600. The van der Waals surface area contributed by atoms with Gasteiger partial charge in [-0.1, -0.05) is 0 Å². The number of hydroxylamine groups is 2. The second-order valence-electron chi connectivity index (χ2n) is 3.96. The predicted molar refractivity (Wildman–Crippen MR) is 51.8 cm³/mol. The van der Waals surface area contributed by atoms with E-state index in [1.807, 2.05) is 0 Å². The minimum Gasteiger partial charge on any atom is -0.313 e. The fourth-order valence-electron chi connectivity index (χ4n) is 2.25. The van der Waals surface area contributed by atoms with Gasteiger partial charge >= 0.3 is 6.03 Å². The van der Waals surface area contributed by atoms with Crippen LogP contribution in [0.5, 0.6) is 0 Å². The summed E-state index contributed by atoms with van der Waals surface area (Å²) in [4.78, 5) is 29.7. The fourth-order valence-corrected chi connectivity index (χ4v) is 2.25. The first-order chi connectivity index (χ1) is 7.10. The number of hydrogen-bond acceptors (Lipinski definition) is 4. The number of hydrogen-bond donors (Lipinski definition) is 1. The molecule has 15 heavy (non-hydrogen) atoms. The lowest BCUT2D eigenvalue weighted by Crippen LogP contribution is -2.55. The van der Waals surface area contributed by atoms with Gasteiger partial charge in [0, 0.05) is 20.1 Å². The lowest BCUT2D eigenvalue weighted by molar-refractivity contribution is -0.162. The Morgan fingerprint density at radius 2 is 1.93 bits per heavy atom. The number of nitrogens with zero attached hydrogens (tertiary/aromatic N) is 2. The molecular weight excluding hydrogens is 198 g/mol. The number of imide groups is 1.